The van der Waals surface area contributed by atoms with E-state index in [2.05, 4.69) is 44.1 Å². The minimum Gasteiger partial charge on any atom is -0.316 e. The number of thiophene rings is 1. The summed E-state index contributed by atoms with van der Waals surface area (Å²) in [7, 11) is 2.21. The van der Waals surface area contributed by atoms with E-state index in [4.69, 9.17) is 11.6 Å². The summed E-state index contributed by atoms with van der Waals surface area (Å²) in [6.07, 6.45) is 2.43. The molecule has 0 aliphatic carbocycles. The van der Waals surface area contributed by atoms with Crippen LogP contribution in [-0.2, 0) is 6.54 Å². The van der Waals surface area contributed by atoms with Gasteiger partial charge in [0.25, 0.3) is 0 Å². The summed E-state index contributed by atoms with van der Waals surface area (Å²) in [6, 6.07) is 4.12. The minimum absolute atomic E-state index is 0.381. The zero-order chi connectivity index (χ0) is 14.3. The lowest BCUT2D eigenvalue weighted by atomic mass is 9.81. The van der Waals surface area contributed by atoms with Gasteiger partial charge in [-0.3, -0.25) is 0 Å². The van der Waals surface area contributed by atoms with E-state index < -0.39 is 0 Å². The highest BCUT2D eigenvalue weighted by molar-refractivity contribution is 7.16. The van der Waals surface area contributed by atoms with E-state index in [1.54, 1.807) is 11.3 Å². The Morgan fingerprint density at radius 2 is 1.95 bits per heavy atom. The van der Waals surface area contributed by atoms with E-state index in [0.29, 0.717) is 5.41 Å². The number of hydrogen-bond donors (Lipinski definition) is 1. The molecule has 0 bridgehead atoms. The Morgan fingerprint density at radius 3 is 2.42 bits per heavy atom. The smallest absolute Gasteiger partial charge is 0.0931 e. The van der Waals surface area contributed by atoms with Crippen molar-refractivity contribution in [2.24, 2.45) is 5.41 Å². The molecule has 1 heterocycles. The summed E-state index contributed by atoms with van der Waals surface area (Å²) >= 11 is 7.67. The van der Waals surface area contributed by atoms with Crippen molar-refractivity contribution in [3.05, 3.63) is 21.3 Å². The normalized spacial score (nSPS) is 12.3. The maximum absolute atomic E-state index is 5.99. The Labute approximate surface area is 127 Å². The van der Waals surface area contributed by atoms with E-state index in [1.165, 1.54) is 17.7 Å². The largest absolute Gasteiger partial charge is 0.316 e. The Kier molecular flexibility index (Phi) is 7.37. The number of rotatable bonds is 9. The van der Waals surface area contributed by atoms with Gasteiger partial charge in [-0.05, 0) is 44.0 Å². The Bertz CT molecular complexity index is 361. The molecule has 4 heteroatoms. The lowest BCUT2D eigenvalue weighted by Crippen LogP contribution is -2.42. The third-order valence-corrected chi connectivity index (χ3v) is 5.13. The Balaban J connectivity index is 2.57. The van der Waals surface area contributed by atoms with E-state index in [1.807, 2.05) is 6.07 Å². The summed E-state index contributed by atoms with van der Waals surface area (Å²) in [5.74, 6) is 0. The van der Waals surface area contributed by atoms with Crippen LogP contribution in [-0.4, -0.2) is 31.6 Å². The molecule has 1 aromatic heterocycles. The third-order valence-electron chi connectivity index (χ3n) is 3.91. The first kappa shape index (κ1) is 17.0. The van der Waals surface area contributed by atoms with Crippen molar-refractivity contribution in [2.45, 2.75) is 40.2 Å². The van der Waals surface area contributed by atoms with E-state index in [0.717, 1.165) is 30.5 Å². The molecule has 110 valence electrons. The quantitative estimate of drug-likeness (QED) is 0.733. The molecular weight excluding hydrogens is 276 g/mol. The van der Waals surface area contributed by atoms with Crippen molar-refractivity contribution in [1.82, 2.24) is 10.2 Å². The molecule has 2 nitrogen and oxygen atoms in total. The van der Waals surface area contributed by atoms with Crippen LogP contribution in [0.3, 0.4) is 0 Å². The SMILES string of the molecule is CCNCC(CC)(CC)CN(C)Cc1ccc(Cl)s1. The van der Waals surface area contributed by atoms with E-state index in [9.17, 15) is 0 Å². The zero-order valence-electron chi connectivity index (χ0n) is 12.6. The van der Waals surface area contributed by atoms with Crippen LogP contribution in [0.5, 0.6) is 0 Å². The number of halogens is 1. The first-order valence-corrected chi connectivity index (χ1v) is 8.38. The fourth-order valence-electron chi connectivity index (χ4n) is 2.50. The standard InChI is InChI=1S/C15H27ClN2S/c1-5-15(6-2,11-17-7-3)12-18(4)10-13-8-9-14(16)19-13/h8-9,17H,5-7,10-12H2,1-4H3. The Hall–Kier alpha value is -0.0900. The number of nitrogens with one attached hydrogen (secondary N) is 1. The van der Waals surface area contributed by atoms with Crippen molar-refractivity contribution in [3.8, 4) is 0 Å². The van der Waals surface area contributed by atoms with Crippen LogP contribution in [0.4, 0.5) is 0 Å². The average molecular weight is 303 g/mol. The maximum Gasteiger partial charge on any atom is 0.0931 e. The predicted octanol–water partition coefficient (Wildman–Crippen LogP) is 4.25. The number of nitrogens with zero attached hydrogens (tertiary/aromatic N) is 1. The van der Waals surface area contributed by atoms with Gasteiger partial charge in [0, 0.05) is 24.5 Å². The lowest BCUT2D eigenvalue weighted by molar-refractivity contribution is 0.152. The molecule has 0 saturated carbocycles. The molecule has 1 aromatic rings. The van der Waals surface area contributed by atoms with E-state index in [-0.39, 0.29) is 0 Å². The van der Waals surface area contributed by atoms with Crippen LogP contribution in [0.25, 0.3) is 0 Å². The second kappa shape index (κ2) is 8.25. The van der Waals surface area contributed by atoms with Gasteiger partial charge in [-0.15, -0.1) is 11.3 Å². The van der Waals surface area contributed by atoms with Crippen LogP contribution in [0, 0.1) is 5.41 Å². The van der Waals surface area contributed by atoms with Crippen molar-refractivity contribution in [1.29, 1.82) is 0 Å². The molecule has 0 spiro atoms. The molecule has 0 aliphatic rings. The predicted molar refractivity (Wildman–Crippen MR) is 87.2 cm³/mol. The van der Waals surface area contributed by atoms with Crippen molar-refractivity contribution in [2.75, 3.05) is 26.7 Å². The van der Waals surface area contributed by atoms with Crippen molar-refractivity contribution >= 4 is 22.9 Å². The van der Waals surface area contributed by atoms with Crippen LogP contribution < -0.4 is 5.32 Å². The summed E-state index contributed by atoms with van der Waals surface area (Å²) < 4.78 is 0.883. The summed E-state index contributed by atoms with van der Waals surface area (Å²) in [6.45, 7) is 11.0. The molecule has 0 radical (unpaired) electrons. The van der Waals surface area contributed by atoms with Crippen LogP contribution >= 0.6 is 22.9 Å². The van der Waals surface area contributed by atoms with Gasteiger partial charge < -0.3 is 10.2 Å². The van der Waals surface area contributed by atoms with Gasteiger partial charge in [0.2, 0.25) is 0 Å². The van der Waals surface area contributed by atoms with Crippen molar-refractivity contribution in [3.63, 3.8) is 0 Å². The molecule has 0 aliphatic heterocycles. The molecule has 19 heavy (non-hydrogen) atoms. The minimum atomic E-state index is 0.381. The topological polar surface area (TPSA) is 15.3 Å². The second-order valence-electron chi connectivity index (χ2n) is 5.37. The highest BCUT2D eigenvalue weighted by Crippen LogP contribution is 2.28. The van der Waals surface area contributed by atoms with Crippen LogP contribution in [0.15, 0.2) is 12.1 Å². The van der Waals surface area contributed by atoms with Gasteiger partial charge in [-0.1, -0.05) is 32.4 Å². The molecule has 0 fully saturated rings. The molecule has 0 unspecified atom stereocenters. The van der Waals surface area contributed by atoms with Gasteiger partial charge in [-0.2, -0.15) is 0 Å². The van der Waals surface area contributed by atoms with Gasteiger partial charge in [0.15, 0.2) is 0 Å². The van der Waals surface area contributed by atoms with Gasteiger partial charge in [-0.25, -0.2) is 0 Å². The lowest BCUT2D eigenvalue weighted by Gasteiger charge is -2.36. The summed E-state index contributed by atoms with van der Waals surface area (Å²) in [5.41, 5.74) is 0.381. The summed E-state index contributed by atoms with van der Waals surface area (Å²) in [4.78, 5) is 3.77. The summed E-state index contributed by atoms with van der Waals surface area (Å²) in [5, 5.41) is 3.52. The van der Waals surface area contributed by atoms with Crippen LogP contribution in [0.2, 0.25) is 4.34 Å². The molecule has 1 rings (SSSR count). The molecular formula is C15H27ClN2S. The first-order valence-electron chi connectivity index (χ1n) is 7.18. The first-order chi connectivity index (χ1) is 9.05. The second-order valence-corrected chi connectivity index (χ2v) is 7.17. The fraction of sp³-hybridized carbons (Fsp3) is 0.733. The van der Waals surface area contributed by atoms with Crippen molar-refractivity contribution < 1.29 is 0 Å². The maximum atomic E-state index is 5.99. The molecule has 1 N–H and O–H groups in total. The molecule has 0 saturated heterocycles. The highest BCUT2D eigenvalue weighted by Gasteiger charge is 2.27. The van der Waals surface area contributed by atoms with Gasteiger partial charge in [0.1, 0.15) is 0 Å². The third kappa shape index (κ3) is 5.42. The molecule has 0 amide bonds. The fourth-order valence-corrected chi connectivity index (χ4v) is 3.67. The monoisotopic (exact) mass is 302 g/mol. The van der Waals surface area contributed by atoms with Gasteiger partial charge >= 0.3 is 0 Å². The average Bonchev–Trinajstić information content (AvgIpc) is 2.80. The van der Waals surface area contributed by atoms with Gasteiger partial charge in [0.05, 0.1) is 4.34 Å². The molecule has 0 atom stereocenters. The highest BCUT2D eigenvalue weighted by atomic mass is 35.5. The zero-order valence-corrected chi connectivity index (χ0v) is 14.2. The Morgan fingerprint density at radius 1 is 1.26 bits per heavy atom. The molecule has 0 aromatic carbocycles. The van der Waals surface area contributed by atoms with E-state index >= 15 is 0 Å². The van der Waals surface area contributed by atoms with Crippen LogP contribution in [0.1, 0.15) is 38.5 Å². The number of hydrogen-bond acceptors (Lipinski definition) is 3.